The molecule has 47 heavy (non-hydrogen) atoms. The van der Waals surface area contributed by atoms with E-state index in [0.29, 0.717) is 12.6 Å². The Bertz CT molecular complexity index is 1100. The standard InChI is InChI=1S/C38H63N3O6/c1-3-31-21-16-17-25-37(47-31)28-30-23-24-32-34(38(26-19-20-29(2)46-38)40-36(39-37)41(30)32)35(44)45-27-18-14-12-10-8-6-4-5-7-9-11-13-15-22-33(42)43/h16,21,29-32,34H,3-15,17-20,22-28H2,1-2H3,(H2,39,40,42,43)/t29-,30+,31+,32+,34+,37+,38+/m1/s1. The number of nitrogens with zero attached hydrogens (tertiary/aromatic N) is 1. The molecule has 0 aromatic carbocycles. The quantitative estimate of drug-likeness (QED) is 0.0802. The molecule has 2 saturated heterocycles. The molecule has 9 nitrogen and oxygen atoms in total. The number of carboxylic acids is 1. The van der Waals surface area contributed by atoms with Crippen LogP contribution in [0.3, 0.4) is 0 Å². The van der Waals surface area contributed by atoms with E-state index in [1.165, 1.54) is 51.4 Å². The molecule has 266 valence electrons. The first-order valence-electron chi connectivity index (χ1n) is 19.5. The summed E-state index contributed by atoms with van der Waals surface area (Å²) in [6.07, 6.45) is 28.4. The van der Waals surface area contributed by atoms with Crippen LogP contribution in [0.15, 0.2) is 12.2 Å². The van der Waals surface area contributed by atoms with Crippen LogP contribution in [0.25, 0.3) is 0 Å². The van der Waals surface area contributed by atoms with Gasteiger partial charge < -0.3 is 24.1 Å². The van der Waals surface area contributed by atoms with Gasteiger partial charge in [-0.1, -0.05) is 89.7 Å². The summed E-state index contributed by atoms with van der Waals surface area (Å²) in [6, 6.07) is 0.403. The first kappa shape index (κ1) is 36.2. The predicted molar refractivity (Wildman–Crippen MR) is 180 cm³/mol. The van der Waals surface area contributed by atoms with E-state index in [4.69, 9.17) is 14.2 Å². The molecule has 0 aromatic heterocycles. The maximum atomic E-state index is 14.0. The highest BCUT2D eigenvalue weighted by Gasteiger charge is 2.64. The van der Waals surface area contributed by atoms with Crippen LogP contribution in [0.2, 0.25) is 0 Å². The first-order chi connectivity index (χ1) is 22.8. The van der Waals surface area contributed by atoms with Crippen molar-refractivity contribution in [1.29, 1.82) is 0 Å². The molecule has 7 atom stereocenters. The number of hydrogen-bond acceptors (Lipinski definition) is 8. The van der Waals surface area contributed by atoms with Gasteiger partial charge in [0.1, 0.15) is 0 Å². The number of hydrogen-bond donors (Lipinski definition) is 2. The zero-order valence-electron chi connectivity index (χ0n) is 29.4. The van der Waals surface area contributed by atoms with Crippen LogP contribution < -0.4 is 15.7 Å². The normalized spacial score (nSPS) is 32.9. The molecule has 0 amide bonds. The Labute approximate surface area is 283 Å². The SMILES string of the molecule is CC[C@H]1C=CCC[C@@]2(C[C@@H]3CC[C@H]4[C@@H](C(=O)OCCCCCCCCCCCCCCCC(=O)[O-])[C@@]5(CCC[C@@H](C)O5)NC(=[N+]34)N2)O1. The zero-order valence-corrected chi connectivity index (χ0v) is 29.4. The van der Waals surface area contributed by atoms with Crippen LogP contribution in [0, 0.1) is 5.92 Å². The van der Waals surface area contributed by atoms with Crippen molar-refractivity contribution >= 4 is 17.9 Å². The Morgan fingerprint density at radius 1 is 0.915 bits per heavy atom. The average Bonchev–Trinajstić information content (AvgIpc) is 3.34. The second kappa shape index (κ2) is 17.5. The van der Waals surface area contributed by atoms with Crippen molar-refractivity contribution in [3.05, 3.63) is 12.2 Å². The lowest BCUT2D eigenvalue weighted by Gasteiger charge is -2.50. The van der Waals surface area contributed by atoms with Gasteiger partial charge in [0.15, 0.2) is 11.6 Å². The number of rotatable bonds is 18. The number of carbonyl (C=O) groups is 2. The van der Waals surface area contributed by atoms with Crippen LogP contribution in [0.1, 0.15) is 162 Å². The van der Waals surface area contributed by atoms with Gasteiger partial charge >= 0.3 is 11.9 Å². The number of esters is 1. The van der Waals surface area contributed by atoms with E-state index in [9.17, 15) is 14.7 Å². The summed E-state index contributed by atoms with van der Waals surface area (Å²) in [5.74, 6) is -0.389. The van der Waals surface area contributed by atoms with Gasteiger partial charge in [-0.25, -0.2) is 10.6 Å². The second-order valence-corrected chi connectivity index (χ2v) is 15.1. The van der Waals surface area contributed by atoms with Crippen LogP contribution in [-0.2, 0) is 23.8 Å². The van der Waals surface area contributed by atoms with Gasteiger partial charge in [-0.15, -0.1) is 0 Å². The minimum absolute atomic E-state index is 0.0688. The molecular weight excluding hydrogens is 594 g/mol. The van der Waals surface area contributed by atoms with Crippen LogP contribution in [0.4, 0.5) is 0 Å². The molecule has 0 aromatic rings. The van der Waals surface area contributed by atoms with Crippen molar-refractivity contribution in [3.8, 4) is 0 Å². The molecule has 2 spiro atoms. The average molecular weight is 658 g/mol. The summed E-state index contributed by atoms with van der Waals surface area (Å²) in [5.41, 5.74) is -1.15. The highest BCUT2D eigenvalue weighted by atomic mass is 16.6. The number of carbonyl (C=O) groups excluding carboxylic acids is 2. The number of ether oxygens (including phenoxy) is 3. The van der Waals surface area contributed by atoms with Crippen LogP contribution in [-0.4, -0.2) is 64.8 Å². The van der Waals surface area contributed by atoms with Gasteiger partial charge in [0.05, 0.1) is 30.9 Å². The minimum Gasteiger partial charge on any atom is -0.550 e. The fraction of sp³-hybridized carbons (Fsp3) is 0.868. The molecule has 2 N–H and O–H groups in total. The van der Waals surface area contributed by atoms with Gasteiger partial charge in [0.25, 0.3) is 0 Å². The van der Waals surface area contributed by atoms with Crippen molar-refractivity contribution in [2.45, 2.75) is 197 Å². The predicted octanol–water partition coefficient (Wildman–Crippen LogP) is 5.98. The molecular formula is C38H63N3O6. The molecule has 5 rings (SSSR count). The lowest BCUT2D eigenvalue weighted by molar-refractivity contribution is -0.609. The summed E-state index contributed by atoms with van der Waals surface area (Å²) in [4.78, 5) is 24.4. The second-order valence-electron chi connectivity index (χ2n) is 15.1. The minimum atomic E-state index is -0.929. The lowest BCUT2D eigenvalue weighted by Crippen LogP contribution is -2.76. The number of allylic oxidation sites excluding steroid dienone is 1. The van der Waals surface area contributed by atoms with E-state index in [1.807, 2.05) is 0 Å². The monoisotopic (exact) mass is 657 g/mol. The molecule has 0 bridgehead atoms. The van der Waals surface area contributed by atoms with E-state index in [2.05, 4.69) is 41.2 Å². The Morgan fingerprint density at radius 2 is 1.60 bits per heavy atom. The molecule has 0 saturated carbocycles. The van der Waals surface area contributed by atoms with Crippen molar-refractivity contribution in [2.75, 3.05) is 6.61 Å². The van der Waals surface area contributed by atoms with E-state index in [1.54, 1.807) is 0 Å². The van der Waals surface area contributed by atoms with Crippen molar-refractivity contribution < 1.29 is 33.5 Å². The van der Waals surface area contributed by atoms with Gasteiger partial charge in [0, 0.05) is 25.2 Å². The fourth-order valence-electron chi connectivity index (χ4n) is 8.97. The third-order valence-corrected chi connectivity index (χ3v) is 11.4. The Kier molecular flexibility index (Phi) is 13.5. The van der Waals surface area contributed by atoms with Gasteiger partial charge in [-0.05, 0) is 64.7 Å². The maximum absolute atomic E-state index is 14.0. The van der Waals surface area contributed by atoms with E-state index >= 15 is 0 Å². The molecule has 5 aliphatic rings. The fourth-order valence-corrected chi connectivity index (χ4v) is 8.97. The molecule has 5 aliphatic heterocycles. The molecule has 0 aliphatic carbocycles. The van der Waals surface area contributed by atoms with E-state index in [-0.39, 0.29) is 36.6 Å². The summed E-state index contributed by atoms with van der Waals surface area (Å²) >= 11 is 0. The number of aliphatic carboxylic acids is 1. The summed E-state index contributed by atoms with van der Waals surface area (Å²) in [6.45, 7) is 4.80. The topological polar surface area (TPSA) is 112 Å². The summed E-state index contributed by atoms with van der Waals surface area (Å²) in [5, 5.41) is 18.1. The largest absolute Gasteiger partial charge is 0.550 e. The van der Waals surface area contributed by atoms with Crippen LogP contribution >= 0.6 is 0 Å². The zero-order chi connectivity index (χ0) is 33.1. The molecule has 9 heteroatoms. The molecule has 0 radical (unpaired) electrons. The maximum Gasteiger partial charge on any atom is 0.350 e. The first-order valence-corrected chi connectivity index (χ1v) is 19.5. The highest BCUT2D eigenvalue weighted by molar-refractivity contribution is 5.82. The third kappa shape index (κ3) is 9.52. The third-order valence-electron chi connectivity index (χ3n) is 11.4. The molecule has 5 heterocycles. The number of unbranched alkanes of at least 4 members (excludes halogenated alkanes) is 12. The molecule has 2 fully saturated rings. The summed E-state index contributed by atoms with van der Waals surface area (Å²) < 4.78 is 22.0. The van der Waals surface area contributed by atoms with Gasteiger partial charge in [0.2, 0.25) is 5.72 Å². The van der Waals surface area contributed by atoms with E-state index in [0.717, 1.165) is 95.9 Å². The summed E-state index contributed by atoms with van der Waals surface area (Å²) in [7, 11) is 0. The van der Waals surface area contributed by atoms with Crippen molar-refractivity contribution in [1.82, 2.24) is 10.6 Å². The Hall–Kier alpha value is -2.13. The van der Waals surface area contributed by atoms with Crippen molar-refractivity contribution in [3.63, 3.8) is 0 Å². The van der Waals surface area contributed by atoms with Gasteiger partial charge in [-0.2, -0.15) is 0 Å². The van der Waals surface area contributed by atoms with Crippen molar-refractivity contribution in [2.24, 2.45) is 5.92 Å². The van der Waals surface area contributed by atoms with E-state index < -0.39 is 17.4 Å². The number of carboxylic acid groups (broad SMARTS) is 1. The lowest BCUT2D eigenvalue weighted by atomic mass is 9.80. The number of guanidine groups is 1. The molecule has 0 unspecified atom stereocenters. The Balaban J connectivity index is 1.06. The Morgan fingerprint density at radius 3 is 2.26 bits per heavy atom. The smallest absolute Gasteiger partial charge is 0.350 e. The van der Waals surface area contributed by atoms with Gasteiger partial charge in [-0.3, -0.25) is 9.37 Å². The van der Waals surface area contributed by atoms with Crippen LogP contribution in [0.5, 0.6) is 0 Å². The highest BCUT2D eigenvalue weighted by Crippen LogP contribution is 2.45. The number of nitrogens with one attached hydrogen (secondary N) is 2.